The van der Waals surface area contributed by atoms with E-state index in [0.29, 0.717) is 17.5 Å². The van der Waals surface area contributed by atoms with E-state index in [9.17, 15) is 0 Å². The molecule has 0 bridgehead atoms. The van der Waals surface area contributed by atoms with Gasteiger partial charge in [-0.25, -0.2) is 9.97 Å². The zero-order chi connectivity index (χ0) is 19.5. The first kappa shape index (κ1) is 18.4. The monoisotopic (exact) mass is 379 g/mol. The second-order valence-corrected chi connectivity index (χ2v) is 7.20. The molecule has 7 nitrogen and oxygen atoms in total. The fourth-order valence-electron chi connectivity index (χ4n) is 3.54. The summed E-state index contributed by atoms with van der Waals surface area (Å²) in [7, 11) is 3.67. The summed E-state index contributed by atoms with van der Waals surface area (Å²) in [6.45, 7) is 4.84. The minimum absolute atomic E-state index is 0.306. The van der Waals surface area contributed by atoms with Crippen molar-refractivity contribution in [3.8, 4) is 17.4 Å². The molecule has 2 aromatic heterocycles. The molecule has 0 aliphatic carbocycles. The Morgan fingerprint density at radius 1 is 1.18 bits per heavy atom. The van der Waals surface area contributed by atoms with Crippen LogP contribution in [0.3, 0.4) is 0 Å². The zero-order valence-corrected chi connectivity index (χ0v) is 16.5. The number of benzene rings is 1. The number of aryl methyl sites for hydroxylation is 2. The molecule has 0 saturated carbocycles. The Morgan fingerprint density at radius 2 is 2.04 bits per heavy atom. The van der Waals surface area contributed by atoms with Crippen molar-refractivity contribution in [2.24, 2.45) is 7.05 Å². The van der Waals surface area contributed by atoms with Gasteiger partial charge in [0, 0.05) is 50.1 Å². The molecule has 28 heavy (non-hydrogen) atoms. The lowest BCUT2D eigenvalue weighted by molar-refractivity contribution is 0.317. The molecule has 0 amide bonds. The Morgan fingerprint density at radius 3 is 2.82 bits per heavy atom. The van der Waals surface area contributed by atoms with E-state index >= 15 is 0 Å². The smallest absolute Gasteiger partial charge is 0.222 e. The van der Waals surface area contributed by atoms with Gasteiger partial charge in [-0.05, 0) is 32.0 Å². The molecular weight excluding hydrogens is 354 g/mol. The van der Waals surface area contributed by atoms with Crippen molar-refractivity contribution in [3.05, 3.63) is 60.1 Å². The van der Waals surface area contributed by atoms with Crippen LogP contribution >= 0.6 is 0 Å². The number of imidazole rings is 1. The standard InChI is InChI=1S/C21H25N5O2/c1-15-9-20(28-19-6-4-5-18(10-19)27-3)24-21(23-15)16-7-8-26(12-16)13-17-11-22-14-25(17)2/h4-6,9-11,14,16H,7-8,12-13H2,1-3H3/t16-/m1/s1. The molecule has 7 heteroatoms. The maximum atomic E-state index is 5.97. The number of rotatable bonds is 6. The molecule has 1 fully saturated rings. The van der Waals surface area contributed by atoms with Gasteiger partial charge < -0.3 is 14.0 Å². The molecule has 0 N–H and O–H groups in total. The van der Waals surface area contributed by atoms with Crippen LogP contribution in [0.4, 0.5) is 0 Å². The molecule has 4 rings (SSSR count). The summed E-state index contributed by atoms with van der Waals surface area (Å²) in [6, 6.07) is 9.40. The molecule has 1 aliphatic rings. The van der Waals surface area contributed by atoms with Gasteiger partial charge >= 0.3 is 0 Å². The molecule has 1 saturated heterocycles. The fraction of sp³-hybridized carbons (Fsp3) is 0.381. The lowest BCUT2D eigenvalue weighted by Gasteiger charge is -2.16. The summed E-state index contributed by atoms with van der Waals surface area (Å²) < 4.78 is 13.3. The van der Waals surface area contributed by atoms with Crippen LogP contribution in [0.25, 0.3) is 0 Å². The number of nitrogens with zero attached hydrogens (tertiary/aromatic N) is 5. The molecule has 0 spiro atoms. The number of methoxy groups -OCH3 is 1. The summed E-state index contributed by atoms with van der Waals surface area (Å²) in [6.07, 6.45) is 4.81. The lowest BCUT2D eigenvalue weighted by Crippen LogP contribution is -2.21. The van der Waals surface area contributed by atoms with Gasteiger partial charge in [0.25, 0.3) is 0 Å². The number of ether oxygens (including phenoxy) is 2. The van der Waals surface area contributed by atoms with Crippen molar-refractivity contribution < 1.29 is 9.47 Å². The highest BCUT2D eigenvalue weighted by molar-refractivity contribution is 5.35. The lowest BCUT2D eigenvalue weighted by atomic mass is 10.1. The Labute approximate surface area is 165 Å². The van der Waals surface area contributed by atoms with Gasteiger partial charge in [0.2, 0.25) is 5.88 Å². The summed E-state index contributed by atoms with van der Waals surface area (Å²) in [4.78, 5) is 16.0. The zero-order valence-electron chi connectivity index (χ0n) is 16.5. The topological polar surface area (TPSA) is 65.3 Å². The second-order valence-electron chi connectivity index (χ2n) is 7.20. The van der Waals surface area contributed by atoms with E-state index in [4.69, 9.17) is 14.5 Å². The van der Waals surface area contributed by atoms with Crippen molar-refractivity contribution in [1.29, 1.82) is 0 Å². The maximum Gasteiger partial charge on any atom is 0.222 e. The van der Waals surface area contributed by atoms with E-state index in [-0.39, 0.29) is 0 Å². The summed E-state index contributed by atoms with van der Waals surface area (Å²) in [5.74, 6) is 3.18. The maximum absolute atomic E-state index is 5.97. The fourth-order valence-corrected chi connectivity index (χ4v) is 3.54. The minimum Gasteiger partial charge on any atom is -0.497 e. The largest absolute Gasteiger partial charge is 0.497 e. The Balaban J connectivity index is 1.47. The Kier molecular flexibility index (Phi) is 5.25. The van der Waals surface area contributed by atoms with Crippen molar-refractivity contribution in [3.63, 3.8) is 0 Å². The molecule has 1 atom stereocenters. The van der Waals surface area contributed by atoms with Gasteiger partial charge in [0.05, 0.1) is 19.1 Å². The van der Waals surface area contributed by atoms with Crippen molar-refractivity contribution in [2.45, 2.75) is 25.8 Å². The van der Waals surface area contributed by atoms with Crippen molar-refractivity contribution in [1.82, 2.24) is 24.4 Å². The van der Waals surface area contributed by atoms with E-state index in [0.717, 1.165) is 43.3 Å². The van der Waals surface area contributed by atoms with Gasteiger partial charge in [-0.15, -0.1) is 0 Å². The third-order valence-corrected chi connectivity index (χ3v) is 5.05. The normalized spacial score (nSPS) is 17.0. The SMILES string of the molecule is COc1cccc(Oc2cc(C)nc([C@@H]3CCN(Cc4cncn4C)C3)n2)c1. The van der Waals surface area contributed by atoms with E-state index in [1.165, 1.54) is 5.69 Å². The number of hydrogen-bond acceptors (Lipinski definition) is 6. The molecular formula is C21H25N5O2. The highest BCUT2D eigenvalue weighted by Gasteiger charge is 2.27. The molecule has 0 unspecified atom stereocenters. The van der Waals surface area contributed by atoms with Crippen LogP contribution in [0.1, 0.15) is 29.6 Å². The summed E-state index contributed by atoms with van der Waals surface area (Å²) in [5.41, 5.74) is 2.13. The van der Waals surface area contributed by atoms with E-state index < -0.39 is 0 Å². The Hall–Kier alpha value is -2.93. The minimum atomic E-state index is 0.306. The van der Waals surface area contributed by atoms with Crippen molar-refractivity contribution in [2.75, 3.05) is 20.2 Å². The Bertz CT molecular complexity index is 955. The van der Waals surface area contributed by atoms with Crippen LogP contribution in [-0.2, 0) is 13.6 Å². The van der Waals surface area contributed by atoms with E-state index in [1.54, 1.807) is 7.11 Å². The molecule has 0 radical (unpaired) electrons. The van der Waals surface area contributed by atoms with Crippen LogP contribution in [-0.4, -0.2) is 44.6 Å². The van der Waals surface area contributed by atoms with Crippen LogP contribution in [0.15, 0.2) is 42.9 Å². The summed E-state index contributed by atoms with van der Waals surface area (Å²) in [5, 5.41) is 0. The van der Waals surface area contributed by atoms with E-state index in [1.807, 2.05) is 56.8 Å². The highest BCUT2D eigenvalue weighted by atomic mass is 16.5. The van der Waals surface area contributed by atoms with Gasteiger partial charge in [-0.1, -0.05) is 6.07 Å². The van der Waals surface area contributed by atoms with Crippen LogP contribution in [0.5, 0.6) is 17.4 Å². The summed E-state index contributed by atoms with van der Waals surface area (Å²) >= 11 is 0. The van der Waals surface area contributed by atoms with Gasteiger partial charge in [0.1, 0.15) is 17.3 Å². The predicted molar refractivity (Wildman–Crippen MR) is 106 cm³/mol. The molecule has 1 aromatic carbocycles. The molecule has 3 heterocycles. The van der Waals surface area contributed by atoms with Crippen molar-refractivity contribution >= 4 is 0 Å². The first-order valence-electron chi connectivity index (χ1n) is 9.46. The first-order valence-corrected chi connectivity index (χ1v) is 9.46. The molecule has 146 valence electrons. The molecule has 1 aliphatic heterocycles. The molecule has 3 aromatic rings. The average molecular weight is 379 g/mol. The third kappa shape index (κ3) is 4.14. The number of likely N-dealkylation sites (tertiary alicyclic amines) is 1. The predicted octanol–water partition coefficient (Wildman–Crippen LogP) is 3.31. The number of aromatic nitrogens is 4. The third-order valence-electron chi connectivity index (χ3n) is 5.05. The van der Waals surface area contributed by atoms with Crippen LogP contribution in [0, 0.1) is 6.92 Å². The number of hydrogen-bond donors (Lipinski definition) is 0. The van der Waals surface area contributed by atoms with Gasteiger partial charge in [-0.2, -0.15) is 4.98 Å². The first-order chi connectivity index (χ1) is 13.6. The van der Waals surface area contributed by atoms with Crippen LogP contribution in [0.2, 0.25) is 0 Å². The van der Waals surface area contributed by atoms with E-state index in [2.05, 4.69) is 19.4 Å². The highest BCUT2D eigenvalue weighted by Crippen LogP contribution is 2.29. The van der Waals surface area contributed by atoms with Gasteiger partial charge in [-0.3, -0.25) is 4.90 Å². The average Bonchev–Trinajstić information content (AvgIpc) is 3.31. The van der Waals surface area contributed by atoms with Gasteiger partial charge in [0.15, 0.2) is 0 Å². The van der Waals surface area contributed by atoms with Crippen LogP contribution < -0.4 is 9.47 Å². The quantitative estimate of drug-likeness (QED) is 0.655. The second kappa shape index (κ2) is 7.98.